The van der Waals surface area contributed by atoms with Crippen LogP contribution in [0.3, 0.4) is 0 Å². The lowest BCUT2D eigenvalue weighted by Gasteiger charge is -2.45. The first kappa shape index (κ1) is 27.0. The molecule has 0 unspecified atom stereocenters. The van der Waals surface area contributed by atoms with E-state index < -0.39 is 0 Å². The molecule has 1 amide bonds. The maximum atomic E-state index is 13.2. The average Bonchev–Trinajstić information content (AvgIpc) is 2.96. The quantitative estimate of drug-likeness (QED) is 0.501. The summed E-state index contributed by atoms with van der Waals surface area (Å²) < 4.78 is 11.7. The number of amides is 1. The van der Waals surface area contributed by atoms with Crippen molar-refractivity contribution >= 4 is 11.7 Å². The third-order valence-electron chi connectivity index (χ3n) is 8.27. The molecule has 0 bridgehead atoms. The molecule has 3 aromatic rings. The molecule has 2 aliphatic rings. The highest BCUT2D eigenvalue weighted by Crippen LogP contribution is 2.39. The number of aryl methyl sites for hydroxylation is 1. The zero-order chi connectivity index (χ0) is 27.1. The largest absolute Gasteiger partial charge is 0.497 e. The molecular formula is C32H40N4O3. The summed E-state index contributed by atoms with van der Waals surface area (Å²) in [7, 11) is 1.70. The Balaban J connectivity index is 1.33. The number of para-hydroxylation sites is 1. The normalized spacial score (nSPS) is 18.3. The van der Waals surface area contributed by atoms with Gasteiger partial charge in [-0.05, 0) is 79.0 Å². The van der Waals surface area contributed by atoms with Crippen LogP contribution in [0.5, 0.6) is 11.5 Å². The molecule has 1 saturated heterocycles. The number of carbonyl (C=O) groups is 1. The molecule has 5 rings (SSSR count). The summed E-state index contributed by atoms with van der Waals surface area (Å²) in [5.41, 5.74) is 8.99. The summed E-state index contributed by atoms with van der Waals surface area (Å²) in [6, 6.07) is 22.1. The first-order valence-corrected chi connectivity index (χ1v) is 14.1. The van der Waals surface area contributed by atoms with Crippen LogP contribution in [0.4, 0.5) is 5.82 Å². The molecule has 206 valence electrons. The van der Waals surface area contributed by atoms with Gasteiger partial charge in [-0.1, -0.05) is 42.8 Å². The Hall–Kier alpha value is -3.58. The van der Waals surface area contributed by atoms with Crippen molar-refractivity contribution in [1.82, 2.24) is 14.8 Å². The summed E-state index contributed by atoms with van der Waals surface area (Å²) in [4.78, 5) is 21.9. The molecule has 7 nitrogen and oxygen atoms in total. The Bertz CT molecular complexity index is 1240. The van der Waals surface area contributed by atoms with E-state index in [1.54, 1.807) is 25.3 Å². The summed E-state index contributed by atoms with van der Waals surface area (Å²) in [6.45, 7) is 4.82. The molecule has 2 N–H and O–H groups in total. The minimum Gasteiger partial charge on any atom is -0.497 e. The maximum absolute atomic E-state index is 13.2. The zero-order valence-corrected chi connectivity index (χ0v) is 23.0. The number of likely N-dealkylation sites (tertiary alicyclic amines) is 1. The van der Waals surface area contributed by atoms with Gasteiger partial charge >= 0.3 is 0 Å². The first-order chi connectivity index (χ1) is 19.0. The van der Waals surface area contributed by atoms with Crippen molar-refractivity contribution in [1.29, 1.82) is 0 Å². The van der Waals surface area contributed by atoms with Crippen LogP contribution < -0.4 is 15.2 Å². The third-order valence-corrected chi connectivity index (χ3v) is 8.27. The van der Waals surface area contributed by atoms with Crippen molar-refractivity contribution in [2.24, 2.45) is 5.41 Å². The smallest absolute Gasteiger partial charge is 0.272 e. The van der Waals surface area contributed by atoms with E-state index in [2.05, 4.69) is 46.3 Å². The van der Waals surface area contributed by atoms with Gasteiger partial charge in [-0.2, -0.15) is 0 Å². The summed E-state index contributed by atoms with van der Waals surface area (Å²) in [6.07, 6.45) is 6.46. The number of hydrogen-bond donors (Lipinski definition) is 1. The lowest BCUT2D eigenvalue weighted by molar-refractivity contribution is 0.0357. The molecule has 2 aromatic carbocycles. The highest BCUT2D eigenvalue weighted by atomic mass is 16.5. The van der Waals surface area contributed by atoms with E-state index in [-0.39, 0.29) is 11.3 Å². The van der Waals surface area contributed by atoms with Crippen molar-refractivity contribution in [2.45, 2.75) is 45.1 Å². The fourth-order valence-electron chi connectivity index (χ4n) is 6.03. The predicted molar refractivity (Wildman–Crippen MR) is 154 cm³/mol. The summed E-state index contributed by atoms with van der Waals surface area (Å²) >= 11 is 0. The number of benzene rings is 2. The van der Waals surface area contributed by atoms with E-state index in [0.717, 1.165) is 82.7 Å². The molecule has 0 aliphatic carbocycles. The highest BCUT2D eigenvalue weighted by molar-refractivity contribution is 5.92. The zero-order valence-electron chi connectivity index (χ0n) is 23.0. The van der Waals surface area contributed by atoms with Crippen LogP contribution in [0.2, 0.25) is 0 Å². The number of fused-ring (bicyclic) bond motifs is 1. The van der Waals surface area contributed by atoms with Crippen molar-refractivity contribution in [3.63, 3.8) is 0 Å². The standard InChI is InChI=1S/C32H40N4O3/c1-38-27-14-12-25(13-15-27)23-35-21-22-39-29-10-3-2-7-26(29)8-4-5-16-32(24-35)17-19-36(20-18-32)31(37)28-9-6-11-30(33)34-28/h2-3,6-7,9-15H,4-5,8,16-24H2,1H3,(H2,33,34). The first-order valence-electron chi connectivity index (χ1n) is 14.1. The Kier molecular flexibility index (Phi) is 8.67. The van der Waals surface area contributed by atoms with E-state index in [0.29, 0.717) is 18.1 Å². The molecule has 0 atom stereocenters. The second-order valence-corrected chi connectivity index (χ2v) is 11.0. The van der Waals surface area contributed by atoms with Crippen LogP contribution in [0.1, 0.15) is 53.7 Å². The number of carbonyl (C=O) groups excluding carboxylic acids is 1. The number of pyridine rings is 1. The number of ether oxygens (including phenoxy) is 2. The van der Waals surface area contributed by atoms with Crippen molar-refractivity contribution in [2.75, 3.05) is 45.6 Å². The number of aromatic nitrogens is 1. The molecule has 1 fully saturated rings. The number of piperidine rings is 1. The van der Waals surface area contributed by atoms with Gasteiger partial charge in [-0.15, -0.1) is 0 Å². The number of nitrogen functional groups attached to an aromatic ring is 1. The second kappa shape index (κ2) is 12.5. The van der Waals surface area contributed by atoms with E-state index in [9.17, 15) is 4.79 Å². The summed E-state index contributed by atoms with van der Waals surface area (Å²) in [5.74, 6) is 2.24. The second-order valence-electron chi connectivity index (χ2n) is 11.0. The molecule has 0 saturated carbocycles. The van der Waals surface area contributed by atoms with Crippen LogP contribution in [0, 0.1) is 5.41 Å². The monoisotopic (exact) mass is 528 g/mol. The van der Waals surface area contributed by atoms with E-state index >= 15 is 0 Å². The maximum Gasteiger partial charge on any atom is 0.272 e. The van der Waals surface area contributed by atoms with Gasteiger partial charge in [0.2, 0.25) is 0 Å². The van der Waals surface area contributed by atoms with E-state index in [1.165, 1.54) is 11.1 Å². The van der Waals surface area contributed by atoms with Crippen LogP contribution in [-0.2, 0) is 13.0 Å². The lowest BCUT2D eigenvalue weighted by Crippen LogP contribution is -2.48. The van der Waals surface area contributed by atoms with Gasteiger partial charge in [0.15, 0.2) is 0 Å². The molecular weight excluding hydrogens is 488 g/mol. The summed E-state index contributed by atoms with van der Waals surface area (Å²) in [5, 5.41) is 0. The number of nitrogens with two attached hydrogens (primary N) is 1. The molecule has 3 heterocycles. The molecule has 1 aromatic heterocycles. The van der Waals surface area contributed by atoms with Gasteiger partial charge < -0.3 is 20.1 Å². The van der Waals surface area contributed by atoms with Gasteiger partial charge in [0.25, 0.3) is 5.91 Å². The Morgan fingerprint density at radius 3 is 2.54 bits per heavy atom. The van der Waals surface area contributed by atoms with Crippen molar-refractivity contribution < 1.29 is 14.3 Å². The molecule has 0 radical (unpaired) electrons. The van der Waals surface area contributed by atoms with Gasteiger partial charge in [0.05, 0.1) is 7.11 Å². The third kappa shape index (κ3) is 6.90. The predicted octanol–water partition coefficient (Wildman–Crippen LogP) is 5.20. The van der Waals surface area contributed by atoms with Crippen molar-refractivity contribution in [3.05, 3.63) is 83.6 Å². The van der Waals surface area contributed by atoms with Crippen LogP contribution in [0.25, 0.3) is 0 Å². The van der Waals surface area contributed by atoms with Crippen LogP contribution in [0.15, 0.2) is 66.7 Å². The van der Waals surface area contributed by atoms with E-state index in [4.69, 9.17) is 15.2 Å². The number of hydrogen-bond acceptors (Lipinski definition) is 6. The SMILES string of the molecule is COc1ccc(CN2CCOc3ccccc3CCCCC3(CCN(C(=O)c4cccc(N)n4)CC3)C2)cc1. The molecule has 39 heavy (non-hydrogen) atoms. The molecule has 7 heteroatoms. The van der Waals surface area contributed by atoms with Gasteiger partial charge in [0.1, 0.15) is 29.6 Å². The molecule has 1 spiro atoms. The lowest BCUT2D eigenvalue weighted by atomic mass is 9.73. The molecule has 2 aliphatic heterocycles. The van der Waals surface area contributed by atoms with Crippen LogP contribution in [-0.4, -0.2) is 60.6 Å². The Morgan fingerprint density at radius 1 is 0.974 bits per heavy atom. The van der Waals surface area contributed by atoms with Gasteiger partial charge in [-0.25, -0.2) is 4.98 Å². The van der Waals surface area contributed by atoms with Crippen LogP contribution >= 0.6 is 0 Å². The number of nitrogens with zero attached hydrogens (tertiary/aromatic N) is 3. The minimum atomic E-state index is -0.0228. The van der Waals surface area contributed by atoms with Gasteiger partial charge in [-0.3, -0.25) is 9.69 Å². The van der Waals surface area contributed by atoms with Gasteiger partial charge in [0, 0.05) is 32.7 Å². The number of anilines is 1. The number of methoxy groups -OCH3 is 1. The Morgan fingerprint density at radius 2 is 1.77 bits per heavy atom. The van der Waals surface area contributed by atoms with Crippen molar-refractivity contribution in [3.8, 4) is 11.5 Å². The van der Waals surface area contributed by atoms with E-state index in [1.807, 2.05) is 17.0 Å². The minimum absolute atomic E-state index is 0.0228. The fraction of sp³-hybridized carbons (Fsp3) is 0.438. The average molecular weight is 529 g/mol. The highest BCUT2D eigenvalue weighted by Gasteiger charge is 2.37. The fourth-order valence-corrected chi connectivity index (χ4v) is 6.03. The number of rotatable bonds is 4. The Labute approximate surface area is 231 Å². The topological polar surface area (TPSA) is 80.9 Å².